The van der Waals surface area contributed by atoms with Crippen molar-refractivity contribution in [2.75, 3.05) is 13.2 Å². The lowest BCUT2D eigenvalue weighted by Gasteiger charge is -2.38. The zero-order chi connectivity index (χ0) is 13.8. The van der Waals surface area contributed by atoms with Crippen molar-refractivity contribution in [1.82, 2.24) is 4.90 Å². The molecule has 3 aliphatic rings. The number of ether oxygens (including phenoxy) is 1. The lowest BCUT2D eigenvalue weighted by Crippen LogP contribution is -2.52. The van der Waals surface area contributed by atoms with Gasteiger partial charge in [0.1, 0.15) is 0 Å². The summed E-state index contributed by atoms with van der Waals surface area (Å²) in [6.07, 6.45) is 3.27. The van der Waals surface area contributed by atoms with Crippen LogP contribution in [0.5, 0.6) is 0 Å². The second kappa shape index (κ2) is 4.20. The first kappa shape index (κ1) is 12.9. The molecule has 5 heteroatoms. The molecular weight excluding hydrogens is 246 g/mol. The molecule has 19 heavy (non-hydrogen) atoms. The van der Waals surface area contributed by atoms with Crippen LogP contribution in [0.15, 0.2) is 0 Å². The van der Waals surface area contributed by atoms with E-state index in [1.807, 2.05) is 18.7 Å². The van der Waals surface area contributed by atoms with E-state index in [-0.39, 0.29) is 24.0 Å². The first-order chi connectivity index (χ1) is 8.94. The molecule has 4 atom stereocenters. The maximum atomic E-state index is 12.6. The van der Waals surface area contributed by atoms with E-state index in [1.54, 1.807) is 0 Å². The SMILES string of the molecule is CC1(C)[C@H](C(=O)O)[C@@H]1C(=O)N1CCOC2CCCC21. The summed E-state index contributed by atoms with van der Waals surface area (Å²) in [5.74, 6) is -1.70. The van der Waals surface area contributed by atoms with Crippen LogP contribution in [0.4, 0.5) is 0 Å². The summed E-state index contributed by atoms with van der Waals surface area (Å²) in [7, 11) is 0. The second-order valence-electron chi connectivity index (χ2n) is 6.55. The number of carbonyl (C=O) groups excluding carboxylic acids is 1. The van der Waals surface area contributed by atoms with Crippen LogP contribution in [0.1, 0.15) is 33.1 Å². The predicted octanol–water partition coefficient (Wildman–Crippen LogP) is 1.12. The smallest absolute Gasteiger partial charge is 0.307 e. The van der Waals surface area contributed by atoms with E-state index >= 15 is 0 Å². The zero-order valence-corrected chi connectivity index (χ0v) is 11.5. The van der Waals surface area contributed by atoms with Gasteiger partial charge in [0.15, 0.2) is 0 Å². The summed E-state index contributed by atoms with van der Waals surface area (Å²) >= 11 is 0. The van der Waals surface area contributed by atoms with E-state index in [0.717, 1.165) is 19.3 Å². The Bertz CT molecular complexity index is 420. The highest BCUT2D eigenvalue weighted by Gasteiger charge is 2.67. The van der Waals surface area contributed by atoms with Crippen LogP contribution in [0.3, 0.4) is 0 Å². The van der Waals surface area contributed by atoms with Gasteiger partial charge in [0.25, 0.3) is 0 Å². The molecule has 0 aromatic heterocycles. The molecule has 1 saturated heterocycles. The number of carboxylic acids is 1. The highest BCUT2D eigenvalue weighted by Crippen LogP contribution is 2.59. The van der Waals surface area contributed by atoms with Gasteiger partial charge in [-0.1, -0.05) is 13.8 Å². The van der Waals surface area contributed by atoms with Crippen molar-refractivity contribution in [2.45, 2.75) is 45.3 Å². The van der Waals surface area contributed by atoms with Crippen molar-refractivity contribution in [1.29, 1.82) is 0 Å². The third-order valence-electron chi connectivity index (χ3n) is 5.12. The molecule has 1 heterocycles. The molecule has 2 saturated carbocycles. The number of fused-ring (bicyclic) bond motifs is 1. The van der Waals surface area contributed by atoms with Crippen LogP contribution in [-0.2, 0) is 14.3 Å². The molecule has 0 aromatic rings. The molecular formula is C14H21NO4. The van der Waals surface area contributed by atoms with Gasteiger partial charge in [-0.25, -0.2) is 0 Å². The van der Waals surface area contributed by atoms with Crippen LogP contribution < -0.4 is 0 Å². The van der Waals surface area contributed by atoms with E-state index in [1.165, 1.54) is 0 Å². The minimum atomic E-state index is -0.848. The van der Waals surface area contributed by atoms with Crippen molar-refractivity contribution in [3.63, 3.8) is 0 Å². The quantitative estimate of drug-likeness (QED) is 0.814. The maximum Gasteiger partial charge on any atom is 0.307 e. The number of amides is 1. The molecule has 0 aromatic carbocycles. The van der Waals surface area contributed by atoms with Crippen LogP contribution in [-0.4, -0.2) is 47.2 Å². The van der Waals surface area contributed by atoms with E-state index in [9.17, 15) is 14.7 Å². The molecule has 1 N–H and O–H groups in total. The topological polar surface area (TPSA) is 66.8 Å². The Balaban J connectivity index is 1.76. The fourth-order valence-corrected chi connectivity index (χ4v) is 3.94. The van der Waals surface area contributed by atoms with E-state index < -0.39 is 17.3 Å². The maximum absolute atomic E-state index is 12.6. The monoisotopic (exact) mass is 267 g/mol. The Kier molecular flexibility index (Phi) is 2.85. The van der Waals surface area contributed by atoms with Gasteiger partial charge in [0, 0.05) is 6.54 Å². The molecule has 1 amide bonds. The molecule has 106 valence electrons. The van der Waals surface area contributed by atoms with Crippen LogP contribution in [0.2, 0.25) is 0 Å². The molecule has 1 aliphatic heterocycles. The summed E-state index contributed by atoms with van der Waals surface area (Å²) in [6, 6.07) is 0.173. The summed E-state index contributed by atoms with van der Waals surface area (Å²) < 4.78 is 5.70. The third kappa shape index (κ3) is 1.86. The Labute approximate surface area is 112 Å². The van der Waals surface area contributed by atoms with Gasteiger partial charge < -0.3 is 14.7 Å². The fourth-order valence-electron chi connectivity index (χ4n) is 3.94. The average molecular weight is 267 g/mol. The Morgan fingerprint density at radius 1 is 1.26 bits per heavy atom. The van der Waals surface area contributed by atoms with Crippen LogP contribution in [0, 0.1) is 17.3 Å². The molecule has 2 unspecified atom stereocenters. The van der Waals surface area contributed by atoms with Crippen molar-refractivity contribution in [2.24, 2.45) is 17.3 Å². The number of carboxylic acid groups (broad SMARTS) is 1. The van der Waals surface area contributed by atoms with Gasteiger partial charge in [-0.15, -0.1) is 0 Å². The fraction of sp³-hybridized carbons (Fsp3) is 0.857. The third-order valence-corrected chi connectivity index (χ3v) is 5.12. The van der Waals surface area contributed by atoms with Gasteiger partial charge in [-0.05, 0) is 24.7 Å². The number of hydrogen-bond acceptors (Lipinski definition) is 3. The minimum Gasteiger partial charge on any atom is -0.481 e. The zero-order valence-electron chi connectivity index (χ0n) is 11.5. The molecule has 0 bridgehead atoms. The van der Waals surface area contributed by atoms with Crippen molar-refractivity contribution in [3.8, 4) is 0 Å². The van der Waals surface area contributed by atoms with Crippen molar-refractivity contribution in [3.05, 3.63) is 0 Å². The van der Waals surface area contributed by atoms with Crippen LogP contribution in [0.25, 0.3) is 0 Å². The molecule has 5 nitrogen and oxygen atoms in total. The lowest BCUT2D eigenvalue weighted by molar-refractivity contribution is -0.148. The summed E-state index contributed by atoms with van der Waals surface area (Å²) in [5, 5.41) is 9.20. The largest absolute Gasteiger partial charge is 0.481 e. The summed E-state index contributed by atoms with van der Waals surface area (Å²) in [4.78, 5) is 25.7. The lowest BCUT2D eigenvalue weighted by atomic mass is 10.1. The molecule has 2 aliphatic carbocycles. The normalized spacial score (nSPS) is 39.8. The Morgan fingerprint density at radius 3 is 2.63 bits per heavy atom. The van der Waals surface area contributed by atoms with Gasteiger partial charge in [0.2, 0.25) is 5.91 Å². The molecule has 3 fully saturated rings. The molecule has 0 spiro atoms. The first-order valence-corrected chi connectivity index (χ1v) is 7.09. The summed E-state index contributed by atoms with van der Waals surface area (Å²) in [6.45, 7) is 4.94. The minimum absolute atomic E-state index is 0.0256. The Morgan fingerprint density at radius 2 is 2.00 bits per heavy atom. The first-order valence-electron chi connectivity index (χ1n) is 7.09. The Hall–Kier alpha value is -1.10. The van der Waals surface area contributed by atoms with Crippen molar-refractivity contribution < 1.29 is 19.4 Å². The molecule has 0 radical (unpaired) electrons. The van der Waals surface area contributed by atoms with E-state index in [2.05, 4.69) is 0 Å². The van der Waals surface area contributed by atoms with E-state index in [0.29, 0.717) is 13.2 Å². The van der Waals surface area contributed by atoms with E-state index in [4.69, 9.17) is 4.74 Å². The predicted molar refractivity (Wildman–Crippen MR) is 67.5 cm³/mol. The highest BCUT2D eigenvalue weighted by molar-refractivity contribution is 5.92. The van der Waals surface area contributed by atoms with Gasteiger partial charge >= 0.3 is 5.97 Å². The standard InChI is InChI=1S/C14H21NO4/c1-14(2)10(11(14)13(17)18)12(16)15-6-7-19-9-5-3-4-8(9)15/h8-11H,3-7H2,1-2H3,(H,17,18)/t8?,9?,10-,11+/m1/s1. The number of carbonyl (C=O) groups is 2. The summed E-state index contributed by atoms with van der Waals surface area (Å²) in [5.41, 5.74) is -0.407. The number of rotatable bonds is 2. The van der Waals surface area contributed by atoms with Crippen molar-refractivity contribution >= 4 is 11.9 Å². The van der Waals surface area contributed by atoms with Gasteiger partial charge in [-0.3, -0.25) is 9.59 Å². The van der Waals surface area contributed by atoms with Gasteiger partial charge in [-0.2, -0.15) is 0 Å². The number of nitrogens with zero attached hydrogens (tertiary/aromatic N) is 1. The van der Waals surface area contributed by atoms with Gasteiger partial charge in [0.05, 0.1) is 30.6 Å². The molecule has 3 rings (SSSR count). The number of hydrogen-bond donors (Lipinski definition) is 1. The number of morpholine rings is 1. The highest BCUT2D eigenvalue weighted by atomic mass is 16.5. The second-order valence-corrected chi connectivity index (χ2v) is 6.55. The number of aliphatic carboxylic acids is 1. The average Bonchev–Trinajstić information content (AvgIpc) is 2.74. The van der Waals surface area contributed by atoms with Crippen LogP contribution >= 0.6 is 0 Å².